The Morgan fingerprint density at radius 1 is 0.938 bits per heavy atom. The fourth-order valence-electron chi connectivity index (χ4n) is 4.21. The minimum absolute atomic E-state index is 0.0790. The number of rotatable bonds is 5. The Morgan fingerprint density at radius 3 is 2.09 bits per heavy atom. The first kappa shape index (κ1) is 22.9. The van der Waals surface area contributed by atoms with Crippen LogP contribution in [0, 0.1) is 18.8 Å². The highest BCUT2D eigenvalue weighted by Crippen LogP contribution is 2.44. The van der Waals surface area contributed by atoms with Crippen molar-refractivity contribution >= 4 is 61.1 Å². The maximum absolute atomic E-state index is 13.1. The number of carbonyl (C=O) groups excluding carboxylic acids is 4. The van der Waals surface area contributed by atoms with E-state index in [1.807, 2.05) is 19.1 Å². The van der Waals surface area contributed by atoms with Gasteiger partial charge in [0.05, 0.1) is 23.1 Å². The number of alkyl halides is 2. The van der Waals surface area contributed by atoms with Crippen LogP contribution < -0.4 is 4.90 Å². The van der Waals surface area contributed by atoms with E-state index in [0.29, 0.717) is 18.4 Å². The van der Waals surface area contributed by atoms with Crippen LogP contribution in [-0.4, -0.2) is 39.8 Å². The summed E-state index contributed by atoms with van der Waals surface area (Å²) in [6.45, 7) is 1.48. The second-order valence-corrected chi connectivity index (χ2v) is 10.5. The molecule has 2 aromatic rings. The normalized spacial score (nSPS) is 24.9. The molecule has 4 atom stereocenters. The molecule has 0 radical (unpaired) electrons. The molecule has 32 heavy (non-hydrogen) atoms. The van der Waals surface area contributed by atoms with Crippen LogP contribution in [0.2, 0.25) is 0 Å². The Bertz CT molecular complexity index is 1060. The molecule has 2 amide bonds. The van der Waals surface area contributed by atoms with Gasteiger partial charge in [0.1, 0.15) is 0 Å². The average molecular weight is 563 g/mol. The molecule has 0 N–H and O–H groups in total. The Labute approximate surface area is 202 Å². The molecule has 1 aliphatic heterocycles. The number of hydrogen-bond donors (Lipinski definition) is 0. The predicted octanol–water partition coefficient (Wildman–Crippen LogP) is 4.46. The van der Waals surface area contributed by atoms with Crippen LogP contribution >= 0.6 is 31.9 Å². The minimum Gasteiger partial charge on any atom is -0.454 e. The zero-order chi connectivity index (χ0) is 23.0. The Hall–Kier alpha value is -2.32. The van der Waals surface area contributed by atoms with Crippen LogP contribution in [0.25, 0.3) is 0 Å². The van der Waals surface area contributed by atoms with E-state index >= 15 is 0 Å². The summed E-state index contributed by atoms with van der Waals surface area (Å²) in [4.78, 5) is 52.7. The first-order valence-electron chi connectivity index (χ1n) is 10.3. The molecule has 0 spiro atoms. The number of ether oxygens (including phenoxy) is 1. The van der Waals surface area contributed by atoms with Crippen LogP contribution in [0.15, 0.2) is 48.5 Å². The van der Waals surface area contributed by atoms with Crippen LogP contribution in [0.4, 0.5) is 5.69 Å². The van der Waals surface area contributed by atoms with Gasteiger partial charge < -0.3 is 4.74 Å². The van der Waals surface area contributed by atoms with Crippen molar-refractivity contribution in [1.82, 2.24) is 0 Å². The van der Waals surface area contributed by atoms with Gasteiger partial charge in [-0.2, -0.15) is 0 Å². The van der Waals surface area contributed by atoms with E-state index in [1.54, 1.807) is 30.3 Å². The number of nitrogens with zero attached hydrogens (tertiary/aromatic N) is 1. The summed E-state index contributed by atoms with van der Waals surface area (Å²) in [5.74, 6) is -2.55. The number of para-hydroxylation sites is 1. The Kier molecular flexibility index (Phi) is 6.62. The standard InChI is InChI=1S/C24H21Br2NO5/c1-13-6-8-14(9-7-13)21(28)12-32-24(31)15-4-2-3-5-20(15)27-22(29)16-10-18(25)19(26)11-17(16)23(27)30/h2-9,16-19H,10-12H2,1H3/t16-,17-,18+,19+/m1/s1. The summed E-state index contributed by atoms with van der Waals surface area (Å²) in [6, 6.07) is 13.3. The fourth-order valence-corrected chi connectivity index (χ4v) is 5.44. The zero-order valence-corrected chi connectivity index (χ0v) is 20.5. The van der Waals surface area contributed by atoms with Crippen LogP contribution in [0.3, 0.4) is 0 Å². The van der Waals surface area contributed by atoms with Gasteiger partial charge >= 0.3 is 5.97 Å². The van der Waals surface area contributed by atoms with E-state index in [0.717, 1.165) is 10.5 Å². The van der Waals surface area contributed by atoms with Crippen molar-refractivity contribution in [3.63, 3.8) is 0 Å². The quantitative estimate of drug-likeness (QED) is 0.233. The molecule has 0 aromatic heterocycles. The molecule has 2 aromatic carbocycles. The summed E-state index contributed by atoms with van der Waals surface area (Å²) in [5.41, 5.74) is 1.74. The van der Waals surface area contributed by atoms with E-state index in [4.69, 9.17) is 4.74 Å². The number of aryl methyl sites for hydroxylation is 1. The summed E-state index contributed by atoms with van der Waals surface area (Å²) in [7, 11) is 0. The van der Waals surface area contributed by atoms with Gasteiger partial charge in [0.2, 0.25) is 11.8 Å². The number of imide groups is 1. The molecular weight excluding hydrogens is 542 g/mol. The molecule has 1 saturated carbocycles. The molecule has 1 aliphatic carbocycles. The number of benzene rings is 2. The molecule has 1 heterocycles. The third-order valence-electron chi connectivity index (χ3n) is 5.98. The van der Waals surface area contributed by atoms with Gasteiger partial charge in [-0.05, 0) is 31.9 Å². The van der Waals surface area contributed by atoms with E-state index in [9.17, 15) is 19.2 Å². The smallest absolute Gasteiger partial charge is 0.340 e. The van der Waals surface area contributed by atoms with Crippen molar-refractivity contribution in [3.05, 3.63) is 65.2 Å². The SMILES string of the molecule is Cc1ccc(C(=O)COC(=O)c2ccccc2N2C(=O)[C@@H]3C[C@H](Br)[C@@H](Br)C[C@H]3C2=O)cc1. The van der Waals surface area contributed by atoms with Gasteiger partial charge in [-0.3, -0.25) is 14.4 Å². The van der Waals surface area contributed by atoms with E-state index in [-0.39, 0.29) is 38.5 Å². The van der Waals surface area contributed by atoms with Crippen LogP contribution in [0.5, 0.6) is 0 Å². The lowest BCUT2D eigenvalue weighted by molar-refractivity contribution is -0.122. The van der Waals surface area contributed by atoms with Crippen molar-refractivity contribution in [2.45, 2.75) is 29.4 Å². The van der Waals surface area contributed by atoms with Crippen molar-refractivity contribution < 1.29 is 23.9 Å². The van der Waals surface area contributed by atoms with Gasteiger partial charge in [0, 0.05) is 15.2 Å². The molecule has 0 bridgehead atoms. The number of ketones is 1. The lowest BCUT2D eigenvalue weighted by Gasteiger charge is -2.29. The number of fused-ring (bicyclic) bond motifs is 1. The van der Waals surface area contributed by atoms with Gasteiger partial charge in [0.25, 0.3) is 0 Å². The lowest BCUT2D eigenvalue weighted by atomic mass is 9.81. The van der Waals surface area contributed by atoms with Crippen molar-refractivity contribution in [1.29, 1.82) is 0 Å². The van der Waals surface area contributed by atoms with Gasteiger partial charge in [-0.1, -0.05) is 73.8 Å². The molecule has 166 valence electrons. The van der Waals surface area contributed by atoms with Gasteiger partial charge in [-0.25, -0.2) is 9.69 Å². The maximum Gasteiger partial charge on any atom is 0.340 e. The van der Waals surface area contributed by atoms with Crippen molar-refractivity contribution in [3.8, 4) is 0 Å². The number of amides is 2. The highest BCUT2D eigenvalue weighted by molar-refractivity contribution is 9.12. The predicted molar refractivity (Wildman–Crippen MR) is 126 cm³/mol. The average Bonchev–Trinajstić information content (AvgIpc) is 3.02. The van der Waals surface area contributed by atoms with Gasteiger partial charge in [-0.15, -0.1) is 0 Å². The second kappa shape index (κ2) is 9.27. The molecule has 2 fully saturated rings. The summed E-state index contributed by atoms with van der Waals surface area (Å²) < 4.78 is 5.25. The second-order valence-electron chi connectivity index (χ2n) is 8.11. The molecule has 1 saturated heterocycles. The maximum atomic E-state index is 13.1. The number of halogens is 2. The molecule has 2 aliphatic rings. The summed E-state index contributed by atoms with van der Waals surface area (Å²) >= 11 is 7.15. The minimum atomic E-state index is -0.756. The van der Waals surface area contributed by atoms with Crippen molar-refractivity contribution in [2.24, 2.45) is 11.8 Å². The summed E-state index contributed by atoms with van der Waals surface area (Å²) in [6.07, 6.45) is 1.08. The first-order chi connectivity index (χ1) is 15.3. The largest absolute Gasteiger partial charge is 0.454 e. The zero-order valence-electron chi connectivity index (χ0n) is 17.3. The third-order valence-corrected chi connectivity index (χ3v) is 8.72. The molecular formula is C24H21Br2NO5. The molecule has 4 rings (SSSR count). The number of Topliss-reactive ketones (excluding diaryl/α,β-unsaturated/α-hetero) is 1. The third kappa shape index (κ3) is 4.30. The fraction of sp³-hybridized carbons (Fsp3) is 0.333. The number of anilines is 1. The highest BCUT2D eigenvalue weighted by atomic mass is 79.9. The van der Waals surface area contributed by atoms with E-state index < -0.39 is 24.4 Å². The van der Waals surface area contributed by atoms with Gasteiger partial charge in [0.15, 0.2) is 12.4 Å². The Balaban J connectivity index is 1.53. The molecule has 6 nitrogen and oxygen atoms in total. The van der Waals surface area contributed by atoms with E-state index in [2.05, 4.69) is 31.9 Å². The van der Waals surface area contributed by atoms with Crippen LogP contribution in [0.1, 0.15) is 39.1 Å². The number of hydrogen-bond acceptors (Lipinski definition) is 5. The number of esters is 1. The topological polar surface area (TPSA) is 80.8 Å². The molecule has 0 unspecified atom stereocenters. The van der Waals surface area contributed by atoms with E-state index in [1.165, 1.54) is 6.07 Å². The summed E-state index contributed by atoms with van der Waals surface area (Å²) in [5, 5.41) is 0. The Morgan fingerprint density at radius 2 is 1.50 bits per heavy atom. The monoisotopic (exact) mass is 561 g/mol. The lowest BCUT2D eigenvalue weighted by Crippen LogP contribution is -2.34. The van der Waals surface area contributed by atoms with Crippen molar-refractivity contribution in [2.75, 3.05) is 11.5 Å². The number of carbonyl (C=O) groups is 4. The van der Waals surface area contributed by atoms with Crippen LogP contribution in [-0.2, 0) is 14.3 Å². The first-order valence-corrected chi connectivity index (χ1v) is 12.1. The highest BCUT2D eigenvalue weighted by Gasteiger charge is 2.52. The molecule has 8 heteroatoms.